The standard InChI is InChI=1S/C25H17FN2O4S/c26-15-11-9-14(10-12-15)13-28-18-7-3-1-5-16(18)22-20(24(28)30)21(29)23(25(31)32-22)33-19-8-4-2-6-17(19)27/h1-12,29H,13,27H2. The number of hydrogen-bond acceptors (Lipinski definition) is 6. The molecule has 164 valence electrons. The van der Waals surface area contributed by atoms with Gasteiger partial charge in [-0.05, 0) is 42.0 Å². The number of hydrogen-bond donors (Lipinski definition) is 2. The van der Waals surface area contributed by atoms with Gasteiger partial charge in [0, 0.05) is 16.0 Å². The highest BCUT2D eigenvalue weighted by Gasteiger charge is 2.22. The average Bonchev–Trinajstić information content (AvgIpc) is 2.81. The van der Waals surface area contributed by atoms with Crippen molar-refractivity contribution in [2.45, 2.75) is 16.3 Å². The summed E-state index contributed by atoms with van der Waals surface area (Å²) in [7, 11) is 0. The van der Waals surface area contributed by atoms with E-state index in [-0.39, 0.29) is 28.2 Å². The molecule has 33 heavy (non-hydrogen) atoms. The minimum absolute atomic E-state index is 0.0128. The van der Waals surface area contributed by atoms with E-state index in [2.05, 4.69) is 0 Å². The van der Waals surface area contributed by atoms with Crippen LogP contribution in [0.1, 0.15) is 5.56 Å². The summed E-state index contributed by atoms with van der Waals surface area (Å²) < 4.78 is 20.4. The highest BCUT2D eigenvalue weighted by Crippen LogP contribution is 2.38. The summed E-state index contributed by atoms with van der Waals surface area (Å²) >= 11 is 0.937. The zero-order valence-corrected chi connectivity index (χ0v) is 17.9. The van der Waals surface area contributed by atoms with E-state index in [1.807, 2.05) is 0 Å². The molecule has 0 spiro atoms. The molecular formula is C25H17FN2O4S. The molecule has 5 rings (SSSR count). The van der Waals surface area contributed by atoms with Gasteiger partial charge >= 0.3 is 5.63 Å². The molecule has 0 bridgehead atoms. The number of benzene rings is 3. The van der Waals surface area contributed by atoms with Gasteiger partial charge in [-0.3, -0.25) is 4.79 Å². The molecule has 8 heteroatoms. The van der Waals surface area contributed by atoms with E-state index in [0.717, 1.165) is 11.8 Å². The molecule has 6 nitrogen and oxygen atoms in total. The van der Waals surface area contributed by atoms with E-state index in [0.29, 0.717) is 27.0 Å². The van der Waals surface area contributed by atoms with E-state index in [4.69, 9.17) is 10.2 Å². The van der Waals surface area contributed by atoms with Crippen molar-refractivity contribution >= 4 is 39.3 Å². The smallest absolute Gasteiger partial charge is 0.354 e. The molecule has 0 unspecified atom stereocenters. The van der Waals surface area contributed by atoms with Crippen molar-refractivity contribution in [1.29, 1.82) is 0 Å². The second-order valence-corrected chi connectivity index (χ2v) is 8.50. The molecule has 3 N–H and O–H groups in total. The Morgan fingerprint density at radius 1 is 0.970 bits per heavy atom. The Bertz CT molecular complexity index is 1640. The zero-order chi connectivity index (χ0) is 23.1. The van der Waals surface area contributed by atoms with Gasteiger partial charge in [0.15, 0.2) is 11.3 Å². The maximum absolute atomic E-state index is 13.6. The van der Waals surface area contributed by atoms with Crippen molar-refractivity contribution in [1.82, 2.24) is 4.57 Å². The first kappa shape index (κ1) is 20.8. The number of halogens is 1. The second kappa shape index (κ2) is 8.14. The lowest BCUT2D eigenvalue weighted by Gasteiger charge is -2.14. The van der Waals surface area contributed by atoms with Gasteiger partial charge in [0.25, 0.3) is 5.56 Å². The quantitative estimate of drug-likeness (QED) is 0.297. The summed E-state index contributed by atoms with van der Waals surface area (Å²) in [4.78, 5) is 26.8. The minimum atomic E-state index is -0.769. The lowest BCUT2D eigenvalue weighted by molar-refractivity contribution is 0.446. The molecule has 5 aromatic rings. The summed E-state index contributed by atoms with van der Waals surface area (Å²) in [6.45, 7) is 0.141. The highest BCUT2D eigenvalue weighted by molar-refractivity contribution is 7.99. The number of fused-ring (bicyclic) bond motifs is 3. The maximum Gasteiger partial charge on any atom is 0.354 e. The fourth-order valence-electron chi connectivity index (χ4n) is 3.74. The topological polar surface area (TPSA) is 98.5 Å². The van der Waals surface area contributed by atoms with Crippen molar-refractivity contribution < 1.29 is 13.9 Å². The van der Waals surface area contributed by atoms with E-state index >= 15 is 0 Å². The first-order valence-corrected chi connectivity index (χ1v) is 10.8. The van der Waals surface area contributed by atoms with Gasteiger partial charge in [0.2, 0.25) is 0 Å². The second-order valence-electron chi connectivity index (χ2n) is 7.45. The highest BCUT2D eigenvalue weighted by atomic mass is 32.2. The molecular weight excluding hydrogens is 443 g/mol. The van der Waals surface area contributed by atoms with Crippen molar-refractivity contribution in [3.8, 4) is 5.75 Å². The first-order chi connectivity index (χ1) is 15.9. The molecule has 2 heterocycles. The number of nitrogen functional groups attached to an aromatic ring is 1. The fourth-order valence-corrected chi connectivity index (χ4v) is 4.62. The Morgan fingerprint density at radius 3 is 2.42 bits per heavy atom. The van der Waals surface area contributed by atoms with Crippen LogP contribution in [0.5, 0.6) is 5.75 Å². The van der Waals surface area contributed by atoms with Gasteiger partial charge in [-0.15, -0.1) is 0 Å². The summed E-state index contributed by atoms with van der Waals surface area (Å²) in [5.74, 6) is -0.839. The van der Waals surface area contributed by atoms with Crippen LogP contribution < -0.4 is 16.9 Å². The molecule has 3 aromatic carbocycles. The minimum Gasteiger partial charge on any atom is -0.505 e. The number of nitrogens with zero attached hydrogens (tertiary/aromatic N) is 1. The Morgan fingerprint density at radius 2 is 1.67 bits per heavy atom. The van der Waals surface area contributed by atoms with Gasteiger partial charge in [0.1, 0.15) is 16.1 Å². The van der Waals surface area contributed by atoms with Crippen molar-refractivity contribution in [3.05, 3.63) is 105 Å². The van der Waals surface area contributed by atoms with E-state index in [1.165, 1.54) is 16.7 Å². The maximum atomic E-state index is 13.6. The van der Waals surface area contributed by atoms with Crippen LogP contribution >= 0.6 is 11.8 Å². The summed E-state index contributed by atoms with van der Waals surface area (Å²) in [6.07, 6.45) is 0. The SMILES string of the molecule is Nc1ccccc1Sc1c(O)c2c(=O)n(Cc3ccc(F)cc3)c3ccccc3c2oc1=O. The first-order valence-electron chi connectivity index (χ1n) is 10.0. The number of rotatable bonds is 4. The van der Waals surface area contributed by atoms with Gasteiger partial charge < -0.3 is 19.8 Å². The van der Waals surface area contributed by atoms with Crippen LogP contribution in [0.15, 0.2) is 96.6 Å². The van der Waals surface area contributed by atoms with E-state index in [1.54, 1.807) is 60.7 Å². The van der Waals surface area contributed by atoms with Crippen molar-refractivity contribution in [2.75, 3.05) is 5.73 Å². The molecule has 0 radical (unpaired) electrons. The lowest BCUT2D eigenvalue weighted by atomic mass is 10.1. The van der Waals surface area contributed by atoms with Gasteiger partial charge in [0.05, 0.1) is 12.1 Å². The molecule has 2 aromatic heterocycles. The van der Waals surface area contributed by atoms with Crippen molar-refractivity contribution in [2.24, 2.45) is 0 Å². The third-order valence-electron chi connectivity index (χ3n) is 5.34. The van der Waals surface area contributed by atoms with Crippen LogP contribution in [0.25, 0.3) is 21.9 Å². The van der Waals surface area contributed by atoms with E-state index in [9.17, 15) is 19.1 Å². The molecule has 0 saturated heterocycles. The number of aromatic hydroxyl groups is 1. The van der Waals surface area contributed by atoms with Gasteiger partial charge in [-0.2, -0.15) is 0 Å². The van der Waals surface area contributed by atoms with Crippen LogP contribution in [0, 0.1) is 5.82 Å². The van der Waals surface area contributed by atoms with Crippen LogP contribution in [-0.4, -0.2) is 9.67 Å². The monoisotopic (exact) mass is 460 g/mol. The van der Waals surface area contributed by atoms with Crippen LogP contribution in [0.3, 0.4) is 0 Å². The summed E-state index contributed by atoms with van der Waals surface area (Å²) in [5, 5.41) is 11.5. The molecule has 0 amide bonds. The molecule has 0 aliphatic rings. The molecule has 0 saturated carbocycles. The Labute approximate surface area is 190 Å². The number of nitrogens with two attached hydrogens (primary N) is 1. The number of pyridine rings is 1. The molecule has 0 fully saturated rings. The lowest BCUT2D eigenvalue weighted by Crippen LogP contribution is -2.22. The number of anilines is 1. The molecule has 0 atom stereocenters. The summed E-state index contributed by atoms with van der Waals surface area (Å²) in [5.41, 5.74) is 6.34. The van der Waals surface area contributed by atoms with Crippen molar-refractivity contribution in [3.63, 3.8) is 0 Å². The number of para-hydroxylation sites is 2. The normalized spacial score (nSPS) is 11.3. The zero-order valence-electron chi connectivity index (χ0n) is 17.1. The predicted molar refractivity (Wildman–Crippen MR) is 126 cm³/mol. The Balaban J connectivity index is 1.78. The van der Waals surface area contributed by atoms with Crippen LogP contribution in [0.2, 0.25) is 0 Å². The largest absolute Gasteiger partial charge is 0.505 e. The third-order valence-corrected chi connectivity index (χ3v) is 6.50. The summed E-state index contributed by atoms with van der Waals surface area (Å²) in [6, 6.07) is 19.6. The molecule has 0 aliphatic heterocycles. The Kier molecular flexibility index (Phi) is 5.14. The van der Waals surface area contributed by atoms with Gasteiger partial charge in [-0.25, -0.2) is 9.18 Å². The Hall–Kier alpha value is -4.04. The average molecular weight is 460 g/mol. The third kappa shape index (κ3) is 3.64. The van der Waals surface area contributed by atoms with Gasteiger partial charge in [-0.1, -0.05) is 48.2 Å². The number of aromatic nitrogens is 1. The van der Waals surface area contributed by atoms with Crippen LogP contribution in [-0.2, 0) is 6.54 Å². The molecule has 0 aliphatic carbocycles. The predicted octanol–water partition coefficient (Wildman–Crippen LogP) is 4.73. The fraction of sp³-hybridized carbons (Fsp3) is 0.0400. The van der Waals surface area contributed by atoms with E-state index < -0.39 is 16.9 Å². The van der Waals surface area contributed by atoms with Crippen LogP contribution in [0.4, 0.5) is 10.1 Å².